The van der Waals surface area contributed by atoms with Gasteiger partial charge in [-0.05, 0) is 66.9 Å². The molecule has 32 heavy (non-hydrogen) atoms. The minimum atomic E-state index is -0.838. The zero-order valence-corrected chi connectivity index (χ0v) is 17.9. The Morgan fingerprint density at radius 1 is 1.19 bits per heavy atom. The minimum Gasteiger partial charge on any atom is -0.507 e. The van der Waals surface area contributed by atoms with Gasteiger partial charge in [-0.15, -0.1) is 0 Å². The summed E-state index contributed by atoms with van der Waals surface area (Å²) in [6, 6.07) is 11.3. The highest BCUT2D eigenvalue weighted by atomic mass is 16.5. The number of furan rings is 1. The number of benzene rings is 1. The van der Waals surface area contributed by atoms with E-state index in [9.17, 15) is 14.7 Å². The number of hydrogen-bond donors (Lipinski definition) is 1. The third kappa shape index (κ3) is 4.01. The van der Waals surface area contributed by atoms with E-state index in [1.165, 1.54) is 11.2 Å². The van der Waals surface area contributed by atoms with Gasteiger partial charge in [0.1, 0.15) is 23.3 Å². The van der Waals surface area contributed by atoms with Crippen LogP contribution in [0.2, 0.25) is 0 Å². The summed E-state index contributed by atoms with van der Waals surface area (Å²) in [5.74, 6) is -0.568. The molecule has 0 bridgehead atoms. The number of likely N-dealkylation sites (tertiary alicyclic amines) is 1. The van der Waals surface area contributed by atoms with E-state index in [1.54, 1.807) is 54.9 Å². The van der Waals surface area contributed by atoms with Gasteiger partial charge in [0.15, 0.2) is 0 Å². The zero-order valence-electron chi connectivity index (χ0n) is 17.9. The third-order valence-electron chi connectivity index (χ3n) is 5.36. The molecule has 3 aromatic rings. The molecule has 1 fully saturated rings. The number of pyridine rings is 1. The average molecular weight is 432 g/mol. The molecule has 0 saturated carbocycles. The van der Waals surface area contributed by atoms with Crippen LogP contribution in [0.25, 0.3) is 5.76 Å². The van der Waals surface area contributed by atoms with E-state index in [-0.39, 0.29) is 17.9 Å². The van der Waals surface area contributed by atoms with Crippen LogP contribution in [0.15, 0.2) is 71.1 Å². The standard InChI is InChI=1S/C25H24N2O5/c1-3-12-31-19-7-6-18(14-16(19)2)23(28)21-22(20-5-4-13-32-20)27(25(30)24(21)29)15-17-8-10-26-11-9-17/h4-11,13-14,22,28H,3,12,15H2,1-2H3/b23-21-. The highest BCUT2D eigenvalue weighted by Gasteiger charge is 2.47. The molecule has 1 atom stereocenters. The number of hydrogen-bond acceptors (Lipinski definition) is 6. The molecule has 7 heteroatoms. The Balaban J connectivity index is 1.77. The molecule has 1 saturated heterocycles. The minimum absolute atomic E-state index is 0.000586. The maximum Gasteiger partial charge on any atom is 0.296 e. The van der Waals surface area contributed by atoms with E-state index in [1.807, 2.05) is 13.8 Å². The van der Waals surface area contributed by atoms with Gasteiger partial charge in [0.05, 0.1) is 18.4 Å². The molecule has 4 rings (SSSR count). The average Bonchev–Trinajstić information content (AvgIpc) is 3.41. The Kier molecular flexibility index (Phi) is 6.07. The number of ketones is 1. The Labute approximate surface area is 186 Å². The van der Waals surface area contributed by atoms with Gasteiger partial charge in [-0.1, -0.05) is 6.92 Å². The Morgan fingerprint density at radius 2 is 1.97 bits per heavy atom. The number of amides is 1. The van der Waals surface area contributed by atoms with Crippen molar-refractivity contribution in [3.63, 3.8) is 0 Å². The predicted molar refractivity (Wildman–Crippen MR) is 118 cm³/mol. The molecule has 0 spiro atoms. The fraction of sp³-hybridized carbons (Fsp3) is 0.240. The van der Waals surface area contributed by atoms with E-state index in [2.05, 4.69) is 4.98 Å². The number of aryl methyl sites for hydroxylation is 1. The van der Waals surface area contributed by atoms with Gasteiger partial charge in [0.2, 0.25) is 0 Å². The van der Waals surface area contributed by atoms with E-state index in [4.69, 9.17) is 9.15 Å². The van der Waals surface area contributed by atoms with Gasteiger partial charge < -0.3 is 19.2 Å². The maximum atomic E-state index is 13.0. The second-order valence-electron chi connectivity index (χ2n) is 7.63. The molecule has 7 nitrogen and oxygen atoms in total. The molecule has 1 unspecified atom stereocenters. The van der Waals surface area contributed by atoms with Crippen LogP contribution in [0.3, 0.4) is 0 Å². The van der Waals surface area contributed by atoms with Crippen molar-refractivity contribution < 1.29 is 23.8 Å². The number of nitrogens with zero attached hydrogens (tertiary/aromatic N) is 2. The van der Waals surface area contributed by atoms with Crippen molar-refractivity contribution in [2.45, 2.75) is 32.9 Å². The number of ether oxygens (including phenoxy) is 1. The molecule has 164 valence electrons. The van der Waals surface area contributed by atoms with Crippen molar-refractivity contribution in [3.8, 4) is 5.75 Å². The normalized spacial score (nSPS) is 17.7. The van der Waals surface area contributed by atoms with E-state index in [0.29, 0.717) is 23.7 Å². The van der Waals surface area contributed by atoms with Crippen LogP contribution in [0.1, 0.15) is 41.8 Å². The van der Waals surface area contributed by atoms with Crippen molar-refractivity contribution in [3.05, 3.63) is 89.1 Å². The smallest absolute Gasteiger partial charge is 0.296 e. The summed E-state index contributed by atoms with van der Waals surface area (Å²) in [5, 5.41) is 11.1. The molecular formula is C25H24N2O5. The first-order valence-electron chi connectivity index (χ1n) is 10.5. The van der Waals surface area contributed by atoms with Crippen molar-refractivity contribution >= 4 is 17.4 Å². The molecule has 2 aromatic heterocycles. The first-order chi connectivity index (χ1) is 15.5. The Morgan fingerprint density at radius 3 is 2.62 bits per heavy atom. The largest absolute Gasteiger partial charge is 0.507 e. The predicted octanol–water partition coefficient (Wildman–Crippen LogP) is 4.39. The van der Waals surface area contributed by atoms with Crippen molar-refractivity contribution in [1.29, 1.82) is 0 Å². The second-order valence-corrected chi connectivity index (χ2v) is 7.63. The third-order valence-corrected chi connectivity index (χ3v) is 5.36. The van der Waals surface area contributed by atoms with Crippen molar-refractivity contribution in [2.24, 2.45) is 0 Å². The van der Waals surface area contributed by atoms with Crippen LogP contribution in [0, 0.1) is 6.92 Å². The monoisotopic (exact) mass is 432 g/mol. The molecule has 1 aliphatic rings. The van der Waals surface area contributed by atoms with Crippen LogP contribution in [-0.2, 0) is 16.1 Å². The van der Waals surface area contributed by atoms with Gasteiger partial charge in [-0.25, -0.2) is 0 Å². The van der Waals surface area contributed by atoms with Crippen molar-refractivity contribution in [2.75, 3.05) is 6.61 Å². The van der Waals surface area contributed by atoms with Gasteiger partial charge >= 0.3 is 0 Å². The lowest BCUT2D eigenvalue weighted by Crippen LogP contribution is -2.29. The van der Waals surface area contributed by atoms with Gasteiger partial charge in [-0.3, -0.25) is 14.6 Å². The molecule has 0 radical (unpaired) electrons. The van der Waals surface area contributed by atoms with Gasteiger partial charge in [-0.2, -0.15) is 0 Å². The number of aromatic nitrogens is 1. The number of aliphatic hydroxyl groups excluding tert-OH is 1. The number of carbonyl (C=O) groups excluding carboxylic acids is 2. The van der Waals surface area contributed by atoms with Crippen molar-refractivity contribution in [1.82, 2.24) is 9.88 Å². The highest BCUT2D eigenvalue weighted by molar-refractivity contribution is 6.46. The summed E-state index contributed by atoms with van der Waals surface area (Å²) < 4.78 is 11.3. The van der Waals surface area contributed by atoms with Crippen LogP contribution in [0.4, 0.5) is 0 Å². The zero-order chi connectivity index (χ0) is 22.7. The number of carbonyl (C=O) groups is 2. The summed E-state index contributed by atoms with van der Waals surface area (Å²) in [4.78, 5) is 31.4. The first kappa shape index (κ1) is 21.4. The van der Waals surface area contributed by atoms with Crippen LogP contribution >= 0.6 is 0 Å². The van der Waals surface area contributed by atoms with Crippen LogP contribution in [-0.4, -0.2) is 33.3 Å². The summed E-state index contributed by atoms with van der Waals surface area (Å²) in [6.07, 6.45) is 5.61. The summed E-state index contributed by atoms with van der Waals surface area (Å²) in [5.41, 5.74) is 2.07. The molecule has 3 heterocycles. The molecule has 1 aromatic carbocycles. The quantitative estimate of drug-likeness (QED) is 0.338. The summed E-state index contributed by atoms with van der Waals surface area (Å²) >= 11 is 0. The molecule has 1 amide bonds. The van der Waals surface area contributed by atoms with Crippen LogP contribution < -0.4 is 4.74 Å². The number of Topliss-reactive ketones (excluding diaryl/α,β-unsaturated/α-hetero) is 1. The second kappa shape index (κ2) is 9.09. The Hall–Kier alpha value is -3.87. The van der Waals surface area contributed by atoms with Gasteiger partial charge in [0.25, 0.3) is 11.7 Å². The highest BCUT2D eigenvalue weighted by Crippen LogP contribution is 2.40. The van der Waals surface area contributed by atoms with E-state index < -0.39 is 17.7 Å². The summed E-state index contributed by atoms with van der Waals surface area (Å²) in [6.45, 7) is 4.66. The Bertz CT molecular complexity index is 1150. The number of aliphatic hydroxyl groups is 1. The lowest BCUT2D eigenvalue weighted by atomic mass is 9.98. The SMILES string of the molecule is CCCOc1ccc(/C(O)=C2/C(=O)C(=O)N(Cc3ccncc3)C2c2ccco2)cc1C. The fourth-order valence-electron chi connectivity index (χ4n) is 3.80. The van der Waals surface area contributed by atoms with Crippen LogP contribution in [0.5, 0.6) is 5.75 Å². The number of rotatable bonds is 7. The molecule has 1 N–H and O–H groups in total. The van der Waals surface area contributed by atoms with E-state index in [0.717, 1.165) is 17.5 Å². The fourth-order valence-corrected chi connectivity index (χ4v) is 3.80. The van der Waals surface area contributed by atoms with E-state index >= 15 is 0 Å². The van der Waals surface area contributed by atoms with Gasteiger partial charge in [0, 0.05) is 24.5 Å². The molecule has 0 aliphatic carbocycles. The first-order valence-corrected chi connectivity index (χ1v) is 10.5. The topological polar surface area (TPSA) is 92.9 Å². The maximum absolute atomic E-state index is 13.0. The lowest BCUT2D eigenvalue weighted by Gasteiger charge is -2.23. The summed E-state index contributed by atoms with van der Waals surface area (Å²) in [7, 11) is 0. The molecular weight excluding hydrogens is 408 g/mol. The molecule has 1 aliphatic heterocycles. The lowest BCUT2D eigenvalue weighted by molar-refractivity contribution is -0.140.